The Balaban J connectivity index is 1.82. The van der Waals surface area contributed by atoms with Crippen LogP contribution < -0.4 is 10.0 Å². The zero-order valence-electron chi connectivity index (χ0n) is 14.4. The molecule has 1 atom stereocenters. The molecule has 3 aromatic rings. The van der Waals surface area contributed by atoms with Crippen LogP contribution >= 0.6 is 0 Å². The molecule has 0 bridgehead atoms. The average molecular weight is 404 g/mol. The van der Waals surface area contributed by atoms with E-state index in [0.717, 1.165) is 12.1 Å². The van der Waals surface area contributed by atoms with Gasteiger partial charge in [-0.05, 0) is 42.5 Å². The summed E-state index contributed by atoms with van der Waals surface area (Å²) < 4.78 is 53.7. The standard InChI is InChI=1S/C20H15F3N2O2S/c21-20(22,23)14-7-6-10-16(13-14)28(27)25-18-12-5-4-11-17(18)19(26)24-15-8-2-1-3-9-15/h1-13,25H,(H,24,26). The number of para-hydroxylation sites is 2. The normalized spacial score (nSPS) is 12.2. The molecule has 28 heavy (non-hydrogen) atoms. The van der Waals surface area contributed by atoms with Crippen molar-refractivity contribution in [2.45, 2.75) is 11.1 Å². The van der Waals surface area contributed by atoms with Crippen molar-refractivity contribution in [2.24, 2.45) is 0 Å². The van der Waals surface area contributed by atoms with Crippen molar-refractivity contribution in [3.8, 4) is 0 Å². The fourth-order valence-electron chi connectivity index (χ4n) is 2.44. The molecule has 3 aromatic carbocycles. The topological polar surface area (TPSA) is 58.2 Å². The highest BCUT2D eigenvalue weighted by Gasteiger charge is 2.30. The van der Waals surface area contributed by atoms with Gasteiger partial charge in [0.15, 0.2) is 0 Å². The minimum Gasteiger partial charge on any atom is -0.322 e. The van der Waals surface area contributed by atoms with Gasteiger partial charge in [0.2, 0.25) is 0 Å². The third-order valence-electron chi connectivity index (χ3n) is 3.78. The van der Waals surface area contributed by atoms with E-state index in [0.29, 0.717) is 5.69 Å². The van der Waals surface area contributed by atoms with Crippen LogP contribution in [-0.4, -0.2) is 10.1 Å². The zero-order valence-corrected chi connectivity index (χ0v) is 15.2. The molecule has 1 amide bonds. The van der Waals surface area contributed by atoms with Gasteiger partial charge in [-0.3, -0.25) is 4.79 Å². The fraction of sp³-hybridized carbons (Fsp3) is 0.0500. The lowest BCUT2D eigenvalue weighted by molar-refractivity contribution is -0.137. The molecule has 0 radical (unpaired) electrons. The first kappa shape index (κ1) is 19.6. The molecular weight excluding hydrogens is 389 g/mol. The molecule has 0 heterocycles. The van der Waals surface area contributed by atoms with Gasteiger partial charge in [0.1, 0.15) is 11.0 Å². The summed E-state index contributed by atoms with van der Waals surface area (Å²) in [4.78, 5) is 12.5. The zero-order chi connectivity index (χ0) is 20.1. The lowest BCUT2D eigenvalue weighted by Crippen LogP contribution is -2.16. The Morgan fingerprint density at radius 1 is 0.857 bits per heavy atom. The van der Waals surface area contributed by atoms with E-state index in [9.17, 15) is 22.2 Å². The van der Waals surface area contributed by atoms with Gasteiger partial charge in [-0.1, -0.05) is 36.4 Å². The highest BCUT2D eigenvalue weighted by molar-refractivity contribution is 7.86. The van der Waals surface area contributed by atoms with Crippen LogP contribution in [0.4, 0.5) is 24.5 Å². The van der Waals surface area contributed by atoms with E-state index in [1.807, 2.05) is 6.07 Å². The van der Waals surface area contributed by atoms with Crippen molar-refractivity contribution in [3.63, 3.8) is 0 Å². The van der Waals surface area contributed by atoms with Crippen molar-refractivity contribution in [3.05, 3.63) is 90.0 Å². The highest BCUT2D eigenvalue weighted by Crippen LogP contribution is 2.30. The lowest BCUT2D eigenvalue weighted by atomic mass is 10.1. The minimum atomic E-state index is -4.53. The number of alkyl halides is 3. The number of nitrogens with one attached hydrogen (secondary N) is 2. The Labute approximate surface area is 162 Å². The summed E-state index contributed by atoms with van der Waals surface area (Å²) >= 11 is 0. The van der Waals surface area contributed by atoms with Gasteiger partial charge in [-0.25, -0.2) is 4.21 Å². The molecule has 0 aliphatic carbocycles. The molecule has 0 spiro atoms. The van der Waals surface area contributed by atoms with E-state index in [1.54, 1.807) is 36.4 Å². The Hall–Kier alpha value is -3.13. The van der Waals surface area contributed by atoms with Gasteiger partial charge in [0.05, 0.1) is 21.7 Å². The molecule has 0 aliphatic heterocycles. The highest BCUT2D eigenvalue weighted by atomic mass is 32.2. The summed E-state index contributed by atoms with van der Waals surface area (Å²) in [6, 6.07) is 19.3. The van der Waals surface area contributed by atoms with Crippen molar-refractivity contribution < 1.29 is 22.2 Å². The Morgan fingerprint density at radius 3 is 2.25 bits per heavy atom. The van der Waals surface area contributed by atoms with Crippen molar-refractivity contribution >= 4 is 28.3 Å². The van der Waals surface area contributed by atoms with Crippen LogP contribution in [0.25, 0.3) is 0 Å². The van der Waals surface area contributed by atoms with E-state index < -0.39 is 28.6 Å². The number of carbonyl (C=O) groups is 1. The summed E-state index contributed by atoms with van der Waals surface area (Å²) in [7, 11) is -1.98. The van der Waals surface area contributed by atoms with Gasteiger partial charge >= 0.3 is 6.18 Å². The average Bonchev–Trinajstić information content (AvgIpc) is 2.68. The van der Waals surface area contributed by atoms with Gasteiger partial charge in [-0.15, -0.1) is 0 Å². The molecule has 1 unspecified atom stereocenters. The molecule has 0 saturated heterocycles. The Kier molecular flexibility index (Phi) is 5.79. The van der Waals surface area contributed by atoms with Crippen LogP contribution in [0.5, 0.6) is 0 Å². The number of carbonyl (C=O) groups excluding carboxylic acids is 1. The second-order valence-corrected chi connectivity index (χ2v) is 6.98. The molecule has 144 valence electrons. The fourth-order valence-corrected chi connectivity index (χ4v) is 3.37. The van der Waals surface area contributed by atoms with E-state index in [1.165, 1.54) is 24.3 Å². The summed E-state index contributed by atoms with van der Waals surface area (Å²) in [5.74, 6) is -0.435. The lowest BCUT2D eigenvalue weighted by Gasteiger charge is -2.13. The second-order valence-electron chi connectivity index (χ2n) is 5.76. The second kappa shape index (κ2) is 8.26. The minimum absolute atomic E-state index is 0.0481. The Morgan fingerprint density at radius 2 is 1.54 bits per heavy atom. The number of hydrogen-bond acceptors (Lipinski definition) is 2. The molecule has 8 heteroatoms. The van der Waals surface area contributed by atoms with Gasteiger partial charge in [0.25, 0.3) is 5.91 Å². The van der Waals surface area contributed by atoms with E-state index in [-0.39, 0.29) is 16.1 Å². The SMILES string of the molecule is O=C(Nc1ccccc1)c1ccccc1NS(=O)c1cccc(C(F)(F)F)c1. The number of hydrogen-bond donors (Lipinski definition) is 2. The first-order chi connectivity index (χ1) is 13.3. The quantitative estimate of drug-likeness (QED) is 0.622. The predicted molar refractivity (Wildman–Crippen MR) is 102 cm³/mol. The van der Waals surface area contributed by atoms with Crippen molar-refractivity contribution in [2.75, 3.05) is 10.0 Å². The summed E-state index contributed by atoms with van der Waals surface area (Å²) in [6.07, 6.45) is -4.53. The maximum atomic E-state index is 12.9. The van der Waals surface area contributed by atoms with Crippen LogP contribution in [-0.2, 0) is 17.2 Å². The Bertz CT molecular complexity index is 1010. The molecule has 0 aliphatic rings. The molecular formula is C20H15F3N2O2S. The number of anilines is 2. The van der Waals surface area contributed by atoms with Crippen LogP contribution in [0.2, 0.25) is 0 Å². The summed E-state index contributed by atoms with van der Waals surface area (Å²) in [6.45, 7) is 0. The van der Waals surface area contributed by atoms with E-state index in [2.05, 4.69) is 10.0 Å². The number of rotatable bonds is 5. The molecule has 4 nitrogen and oxygen atoms in total. The summed E-state index contributed by atoms with van der Waals surface area (Å²) in [5.41, 5.74) is 0.148. The molecule has 0 saturated carbocycles. The third-order valence-corrected chi connectivity index (χ3v) is 4.87. The monoisotopic (exact) mass is 404 g/mol. The van der Waals surface area contributed by atoms with Crippen molar-refractivity contribution in [1.29, 1.82) is 0 Å². The van der Waals surface area contributed by atoms with Gasteiger partial charge < -0.3 is 10.0 Å². The smallest absolute Gasteiger partial charge is 0.322 e. The summed E-state index contributed by atoms with van der Waals surface area (Å²) in [5, 5.41) is 2.71. The van der Waals surface area contributed by atoms with Crippen LogP contribution in [0.15, 0.2) is 83.8 Å². The number of benzene rings is 3. The molecule has 2 N–H and O–H groups in total. The first-order valence-electron chi connectivity index (χ1n) is 8.16. The van der Waals surface area contributed by atoms with Gasteiger partial charge in [0, 0.05) is 5.69 Å². The first-order valence-corrected chi connectivity index (χ1v) is 9.31. The maximum absolute atomic E-state index is 12.9. The maximum Gasteiger partial charge on any atom is 0.416 e. The molecule has 0 aromatic heterocycles. The van der Waals surface area contributed by atoms with E-state index >= 15 is 0 Å². The van der Waals surface area contributed by atoms with Crippen LogP contribution in [0, 0.1) is 0 Å². The molecule has 0 fully saturated rings. The van der Waals surface area contributed by atoms with Crippen LogP contribution in [0.1, 0.15) is 15.9 Å². The number of halogens is 3. The van der Waals surface area contributed by atoms with Gasteiger partial charge in [-0.2, -0.15) is 13.2 Å². The third kappa shape index (κ3) is 4.77. The molecule has 3 rings (SSSR count). The largest absolute Gasteiger partial charge is 0.416 e. The predicted octanol–water partition coefficient (Wildman–Crippen LogP) is 5.09. The van der Waals surface area contributed by atoms with E-state index in [4.69, 9.17) is 0 Å². The van der Waals surface area contributed by atoms with Crippen molar-refractivity contribution in [1.82, 2.24) is 0 Å². The van der Waals surface area contributed by atoms with Crippen LogP contribution in [0.3, 0.4) is 0 Å². The number of amides is 1.